The second-order valence-electron chi connectivity index (χ2n) is 5.13. The van der Waals surface area contributed by atoms with Crippen molar-refractivity contribution in [2.45, 2.75) is 44.6 Å². The summed E-state index contributed by atoms with van der Waals surface area (Å²) in [4.78, 5) is 35.4. The Morgan fingerprint density at radius 3 is 2.71 bits per heavy atom. The van der Waals surface area contributed by atoms with Crippen LogP contribution in [-0.2, 0) is 22.4 Å². The van der Waals surface area contributed by atoms with Gasteiger partial charge in [-0.25, -0.2) is 4.79 Å². The minimum atomic E-state index is -1.16. The minimum absolute atomic E-state index is 0.00271. The molecular formula is C14H18N2O4S. The fraction of sp³-hybridized carbons (Fsp3) is 0.500. The van der Waals surface area contributed by atoms with E-state index in [1.165, 1.54) is 4.88 Å². The zero-order chi connectivity index (χ0) is 15.4. The molecule has 2 rings (SSSR count). The van der Waals surface area contributed by atoms with Crippen molar-refractivity contribution in [1.82, 2.24) is 5.32 Å². The van der Waals surface area contributed by atoms with Crippen molar-refractivity contribution in [1.29, 1.82) is 0 Å². The van der Waals surface area contributed by atoms with E-state index in [4.69, 9.17) is 10.8 Å². The number of rotatable bonds is 6. The lowest BCUT2D eigenvalue weighted by atomic mass is 9.95. The van der Waals surface area contributed by atoms with Gasteiger partial charge in [0.2, 0.25) is 5.91 Å². The Hall–Kier alpha value is -1.89. The normalized spacial score (nSPS) is 15.0. The van der Waals surface area contributed by atoms with Crippen LogP contribution in [0.5, 0.6) is 0 Å². The number of carboxylic acids is 1. The topological polar surface area (TPSA) is 109 Å². The summed E-state index contributed by atoms with van der Waals surface area (Å²) in [7, 11) is 0. The van der Waals surface area contributed by atoms with E-state index in [2.05, 4.69) is 5.32 Å². The van der Waals surface area contributed by atoms with E-state index in [1.54, 1.807) is 16.7 Å². The van der Waals surface area contributed by atoms with Crippen LogP contribution in [-0.4, -0.2) is 28.9 Å². The number of primary amides is 1. The maximum atomic E-state index is 12.3. The molecule has 0 aliphatic heterocycles. The first-order chi connectivity index (χ1) is 9.99. The average molecular weight is 310 g/mol. The van der Waals surface area contributed by atoms with E-state index < -0.39 is 17.9 Å². The van der Waals surface area contributed by atoms with Gasteiger partial charge in [-0.1, -0.05) is 0 Å². The summed E-state index contributed by atoms with van der Waals surface area (Å²) in [6.45, 7) is 0. The molecule has 1 aliphatic carbocycles. The van der Waals surface area contributed by atoms with Crippen LogP contribution < -0.4 is 11.1 Å². The summed E-state index contributed by atoms with van der Waals surface area (Å²) in [6, 6.07) is -1.09. The van der Waals surface area contributed by atoms with Crippen molar-refractivity contribution in [2.24, 2.45) is 5.73 Å². The van der Waals surface area contributed by atoms with Gasteiger partial charge < -0.3 is 16.2 Å². The number of carbonyl (C=O) groups excluding carboxylic acids is 2. The molecule has 1 aromatic rings. The lowest BCUT2D eigenvalue weighted by molar-refractivity contribution is -0.139. The molecule has 2 amide bonds. The van der Waals surface area contributed by atoms with Gasteiger partial charge >= 0.3 is 5.97 Å². The molecule has 0 aromatic carbocycles. The number of amides is 2. The van der Waals surface area contributed by atoms with Gasteiger partial charge in [-0.05, 0) is 37.7 Å². The molecule has 0 saturated carbocycles. The number of hydrogen-bond acceptors (Lipinski definition) is 4. The second-order valence-corrected chi connectivity index (χ2v) is 6.09. The van der Waals surface area contributed by atoms with Crippen LogP contribution in [0, 0.1) is 0 Å². The number of carbonyl (C=O) groups is 3. The standard InChI is InChI=1S/C14H18N2O4S/c15-12(17)6-5-10(14(19)20)16-13(18)9-7-21-11-4-2-1-3-8(9)11/h7,10H,1-6H2,(H2,15,17)(H,16,18)(H,19,20)/t10-/m1/s1. The Bertz CT molecular complexity index is 567. The van der Waals surface area contributed by atoms with Gasteiger partial charge in [-0.15, -0.1) is 11.3 Å². The molecule has 7 heteroatoms. The smallest absolute Gasteiger partial charge is 0.326 e. The molecule has 6 nitrogen and oxygen atoms in total. The summed E-state index contributed by atoms with van der Waals surface area (Å²) in [5, 5.41) is 13.4. The van der Waals surface area contributed by atoms with Crippen LogP contribution >= 0.6 is 11.3 Å². The molecule has 1 aliphatic rings. The van der Waals surface area contributed by atoms with E-state index in [9.17, 15) is 14.4 Å². The molecule has 0 unspecified atom stereocenters. The first kappa shape index (κ1) is 15.5. The van der Waals surface area contributed by atoms with Gasteiger partial charge in [0.15, 0.2) is 0 Å². The van der Waals surface area contributed by atoms with Crippen molar-refractivity contribution in [3.8, 4) is 0 Å². The van der Waals surface area contributed by atoms with E-state index in [0.717, 1.165) is 31.2 Å². The molecule has 0 bridgehead atoms. The fourth-order valence-corrected chi connectivity index (χ4v) is 3.59. The maximum absolute atomic E-state index is 12.3. The van der Waals surface area contributed by atoms with Crippen LogP contribution in [0.1, 0.15) is 46.5 Å². The van der Waals surface area contributed by atoms with E-state index in [0.29, 0.717) is 5.56 Å². The molecule has 1 heterocycles. The van der Waals surface area contributed by atoms with Gasteiger partial charge in [-0.2, -0.15) is 0 Å². The van der Waals surface area contributed by atoms with Crippen molar-refractivity contribution >= 4 is 29.1 Å². The monoisotopic (exact) mass is 310 g/mol. The lowest BCUT2D eigenvalue weighted by Gasteiger charge is -2.16. The van der Waals surface area contributed by atoms with Crippen LogP contribution in [0.4, 0.5) is 0 Å². The van der Waals surface area contributed by atoms with Gasteiger partial charge in [0, 0.05) is 16.7 Å². The Labute approximate surface area is 126 Å². The zero-order valence-corrected chi connectivity index (χ0v) is 12.4. The number of aryl methyl sites for hydroxylation is 1. The number of aliphatic carboxylic acids is 1. The SMILES string of the molecule is NC(=O)CC[C@@H](NC(=O)c1csc2c1CCCC2)C(=O)O. The highest BCUT2D eigenvalue weighted by atomic mass is 32.1. The van der Waals surface area contributed by atoms with Crippen LogP contribution in [0.25, 0.3) is 0 Å². The number of thiophene rings is 1. The highest BCUT2D eigenvalue weighted by Gasteiger charge is 2.25. The fourth-order valence-electron chi connectivity index (χ4n) is 2.46. The third kappa shape index (κ3) is 3.81. The minimum Gasteiger partial charge on any atom is -0.480 e. The van der Waals surface area contributed by atoms with Crippen molar-refractivity contribution in [3.63, 3.8) is 0 Å². The van der Waals surface area contributed by atoms with Crippen LogP contribution in [0.3, 0.4) is 0 Å². The molecule has 0 fully saturated rings. The molecular weight excluding hydrogens is 292 g/mol. The van der Waals surface area contributed by atoms with E-state index >= 15 is 0 Å². The number of fused-ring (bicyclic) bond motifs is 1. The molecule has 114 valence electrons. The molecule has 0 saturated heterocycles. The largest absolute Gasteiger partial charge is 0.480 e. The van der Waals surface area contributed by atoms with Gasteiger partial charge in [0.1, 0.15) is 6.04 Å². The number of nitrogens with two attached hydrogens (primary N) is 1. The Morgan fingerprint density at radius 1 is 1.33 bits per heavy atom. The molecule has 1 aromatic heterocycles. The maximum Gasteiger partial charge on any atom is 0.326 e. The van der Waals surface area contributed by atoms with Crippen molar-refractivity contribution < 1.29 is 19.5 Å². The number of hydrogen-bond donors (Lipinski definition) is 3. The summed E-state index contributed by atoms with van der Waals surface area (Å²) >= 11 is 1.55. The van der Waals surface area contributed by atoms with Crippen molar-refractivity contribution in [2.75, 3.05) is 0 Å². The van der Waals surface area contributed by atoms with E-state index in [-0.39, 0.29) is 18.7 Å². The van der Waals surface area contributed by atoms with Gasteiger partial charge in [0.05, 0.1) is 5.56 Å². The van der Waals surface area contributed by atoms with Crippen LogP contribution in [0.15, 0.2) is 5.38 Å². The first-order valence-electron chi connectivity index (χ1n) is 6.90. The molecule has 21 heavy (non-hydrogen) atoms. The zero-order valence-electron chi connectivity index (χ0n) is 11.6. The van der Waals surface area contributed by atoms with Gasteiger partial charge in [0.25, 0.3) is 5.91 Å². The molecule has 0 spiro atoms. The lowest BCUT2D eigenvalue weighted by Crippen LogP contribution is -2.41. The number of carboxylic acid groups (broad SMARTS) is 1. The summed E-state index contributed by atoms with van der Waals surface area (Å²) in [5.41, 5.74) is 6.63. The molecule has 4 N–H and O–H groups in total. The summed E-state index contributed by atoms with van der Waals surface area (Å²) in [6.07, 6.45) is 3.96. The van der Waals surface area contributed by atoms with Crippen LogP contribution in [0.2, 0.25) is 0 Å². The predicted molar refractivity (Wildman–Crippen MR) is 78.3 cm³/mol. The number of nitrogens with one attached hydrogen (secondary N) is 1. The van der Waals surface area contributed by atoms with Crippen molar-refractivity contribution in [3.05, 3.63) is 21.4 Å². The van der Waals surface area contributed by atoms with E-state index in [1.807, 2.05) is 0 Å². The van der Waals surface area contributed by atoms with Gasteiger partial charge in [-0.3, -0.25) is 9.59 Å². The average Bonchev–Trinajstić information content (AvgIpc) is 2.86. The Morgan fingerprint density at radius 2 is 2.05 bits per heavy atom. The Kier molecular flexibility index (Phi) is 4.95. The predicted octanol–water partition coefficient (Wildman–Crippen LogP) is 1.08. The molecule has 1 atom stereocenters. The Balaban J connectivity index is 2.06. The summed E-state index contributed by atoms with van der Waals surface area (Å²) < 4.78 is 0. The highest BCUT2D eigenvalue weighted by Crippen LogP contribution is 2.30. The third-order valence-electron chi connectivity index (χ3n) is 3.59. The third-order valence-corrected chi connectivity index (χ3v) is 4.68. The molecule has 0 radical (unpaired) electrons. The second kappa shape index (κ2) is 6.71. The first-order valence-corrected chi connectivity index (χ1v) is 7.78. The quantitative estimate of drug-likeness (QED) is 0.730. The highest BCUT2D eigenvalue weighted by molar-refractivity contribution is 7.10. The summed E-state index contributed by atoms with van der Waals surface area (Å²) in [5.74, 6) is -2.12.